The summed E-state index contributed by atoms with van der Waals surface area (Å²) in [6, 6.07) is 0. The van der Waals surface area contributed by atoms with Gasteiger partial charge in [0.1, 0.15) is 0 Å². The SMILES string of the molecule is CC(C)O.CC(C)O.CC(C)O.[CH3][Ge]([CH3])([C]1=[C-]CC=C1)[C](F)(F)F.[Zr]. The summed E-state index contributed by atoms with van der Waals surface area (Å²) in [6.07, 6.45) is 6.12. The molecule has 0 unspecified atom stereocenters. The number of rotatable bonds is 1. The molecule has 0 heterocycles. The van der Waals surface area contributed by atoms with Gasteiger partial charge in [0.25, 0.3) is 0 Å². The van der Waals surface area contributed by atoms with Gasteiger partial charge in [-0.15, -0.1) is 0 Å². The minimum absolute atomic E-state index is 0. The number of halogens is 3. The number of hydrogen-bond acceptors (Lipinski definition) is 3. The second-order valence-corrected chi connectivity index (χ2v) is 15.7. The van der Waals surface area contributed by atoms with E-state index >= 15 is 0 Å². The predicted octanol–water partition coefficient (Wildman–Crippen LogP) is 4.18. The molecule has 0 amide bonds. The largest absolute Gasteiger partial charge is 0 e. The Bertz CT molecular complexity index is 344. The molecule has 25 heavy (non-hydrogen) atoms. The van der Waals surface area contributed by atoms with Gasteiger partial charge in [0.15, 0.2) is 0 Å². The van der Waals surface area contributed by atoms with Gasteiger partial charge >= 0.3 is 72.0 Å². The molecule has 3 nitrogen and oxygen atoms in total. The fourth-order valence-electron chi connectivity index (χ4n) is 0.987. The van der Waals surface area contributed by atoms with Gasteiger partial charge in [0.2, 0.25) is 0 Å². The minimum atomic E-state index is -4.00. The van der Waals surface area contributed by atoms with Crippen LogP contribution in [0.2, 0.25) is 11.5 Å². The molecule has 0 bridgehead atoms. The van der Waals surface area contributed by atoms with E-state index in [9.17, 15) is 13.2 Å². The molecule has 0 aromatic rings. The fourth-order valence-corrected chi connectivity index (χ4v) is 3.89. The first-order valence-corrected chi connectivity index (χ1v) is 14.2. The van der Waals surface area contributed by atoms with Crippen molar-refractivity contribution in [1.29, 1.82) is 0 Å². The van der Waals surface area contributed by atoms with E-state index in [1.807, 2.05) is 0 Å². The van der Waals surface area contributed by atoms with Crippen LogP contribution in [0.15, 0.2) is 16.6 Å². The Kier molecular flexibility index (Phi) is 22.2. The smallest absolute Gasteiger partial charge is 0 e. The Balaban J connectivity index is -0.000000142. The maximum atomic E-state index is 12.5. The Hall–Kier alpha value is 0.576. The van der Waals surface area contributed by atoms with Crippen molar-refractivity contribution >= 4 is 13.3 Å². The summed E-state index contributed by atoms with van der Waals surface area (Å²) in [5.74, 6) is 2.72. The van der Waals surface area contributed by atoms with E-state index in [0.29, 0.717) is 10.8 Å². The minimum Gasteiger partial charge on any atom is 0 e. The van der Waals surface area contributed by atoms with E-state index in [0.717, 1.165) is 0 Å². The third-order valence-electron chi connectivity index (χ3n) is 2.08. The van der Waals surface area contributed by atoms with Crippen LogP contribution in [0.4, 0.5) is 13.2 Å². The topological polar surface area (TPSA) is 60.7 Å². The summed E-state index contributed by atoms with van der Waals surface area (Å²) in [6.45, 7) is 10.3. The van der Waals surface area contributed by atoms with Crippen LogP contribution < -0.4 is 0 Å². The van der Waals surface area contributed by atoms with Crippen LogP contribution in [0.1, 0.15) is 48.0 Å². The van der Waals surface area contributed by atoms with E-state index in [2.05, 4.69) is 6.08 Å². The molecule has 8 heteroatoms. The van der Waals surface area contributed by atoms with Gasteiger partial charge in [-0.25, -0.2) is 0 Å². The molecular weight excluding hydrogens is 473 g/mol. The zero-order valence-corrected chi connectivity index (χ0v) is 21.1. The van der Waals surface area contributed by atoms with Gasteiger partial charge in [-0.2, -0.15) is 0 Å². The summed E-state index contributed by atoms with van der Waals surface area (Å²) < 4.78 is 37.9. The normalized spacial score (nSPS) is 13.1. The molecule has 0 spiro atoms. The summed E-state index contributed by atoms with van der Waals surface area (Å²) in [4.78, 5) is 0. The van der Waals surface area contributed by atoms with Crippen molar-refractivity contribution < 1.29 is 54.7 Å². The van der Waals surface area contributed by atoms with Gasteiger partial charge in [-0.1, -0.05) is 0 Å². The number of aliphatic hydroxyl groups is 3. The number of allylic oxidation sites excluding steroid dienone is 4. The van der Waals surface area contributed by atoms with Crippen molar-refractivity contribution in [2.24, 2.45) is 0 Å². The first-order valence-electron chi connectivity index (χ1n) is 7.94. The van der Waals surface area contributed by atoms with Gasteiger partial charge in [-0.05, 0) is 41.5 Å². The molecule has 1 rings (SSSR count). The quantitative estimate of drug-likeness (QED) is 0.369. The number of alkyl halides is 3. The maximum Gasteiger partial charge on any atom is 0 e. The predicted molar refractivity (Wildman–Crippen MR) is 96.1 cm³/mol. The van der Waals surface area contributed by atoms with E-state index in [1.54, 1.807) is 53.7 Å². The molecule has 0 aliphatic heterocycles. The molecule has 0 aromatic heterocycles. The standard InChI is InChI=1S/C8H10F3Ge.3C3H8O.Zr/c1-12(2,8(9,10)11)7-5-3-4-6-7;3*1-3(2)4;/h3,5H,4H2,1-2H3;3*3-4H,1-2H3;/q-1;;;;. The van der Waals surface area contributed by atoms with Crippen molar-refractivity contribution in [1.82, 2.24) is 0 Å². The molecule has 0 aromatic carbocycles. The Labute approximate surface area is 172 Å². The van der Waals surface area contributed by atoms with Crippen LogP contribution in [0.25, 0.3) is 0 Å². The zero-order chi connectivity index (χ0) is 20.1. The molecule has 1 aliphatic rings. The van der Waals surface area contributed by atoms with E-state index in [4.69, 9.17) is 15.3 Å². The second-order valence-electron chi connectivity index (χ2n) is 6.60. The molecule has 1 aliphatic carbocycles. The van der Waals surface area contributed by atoms with Crippen LogP contribution >= 0.6 is 0 Å². The van der Waals surface area contributed by atoms with Crippen molar-refractivity contribution in [2.75, 3.05) is 0 Å². The van der Waals surface area contributed by atoms with Gasteiger partial charge in [0.05, 0.1) is 0 Å². The fraction of sp³-hybridized carbons (Fsp3) is 0.765. The van der Waals surface area contributed by atoms with Crippen molar-refractivity contribution in [3.63, 3.8) is 0 Å². The van der Waals surface area contributed by atoms with Gasteiger partial charge in [0, 0.05) is 44.5 Å². The Morgan fingerprint density at radius 1 is 0.920 bits per heavy atom. The van der Waals surface area contributed by atoms with E-state index < -0.39 is 18.3 Å². The second kappa shape index (κ2) is 16.7. The van der Waals surface area contributed by atoms with Crippen LogP contribution in [0, 0.1) is 6.08 Å². The summed E-state index contributed by atoms with van der Waals surface area (Å²) in [7, 11) is 0. The zero-order valence-electron chi connectivity index (χ0n) is 16.6. The molecule has 0 saturated carbocycles. The molecule has 0 radical (unpaired) electrons. The maximum absolute atomic E-state index is 12.5. The monoisotopic (exact) mass is 507 g/mol. The van der Waals surface area contributed by atoms with Crippen molar-refractivity contribution in [3.8, 4) is 0 Å². The third-order valence-corrected chi connectivity index (χ3v) is 8.60. The average Bonchev–Trinajstić information content (AvgIpc) is 2.77. The summed E-state index contributed by atoms with van der Waals surface area (Å²) >= 11 is -3.77. The first-order chi connectivity index (χ1) is 10.6. The Morgan fingerprint density at radius 3 is 1.36 bits per heavy atom. The molecule has 0 fully saturated rings. The van der Waals surface area contributed by atoms with E-state index in [1.165, 1.54) is 11.5 Å². The van der Waals surface area contributed by atoms with Crippen molar-refractivity contribution in [3.05, 3.63) is 22.6 Å². The van der Waals surface area contributed by atoms with E-state index in [-0.39, 0.29) is 44.5 Å². The molecule has 150 valence electrons. The first kappa shape index (κ1) is 33.2. The number of hydrogen-bond donors (Lipinski definition) is 3. The summed E-state index contributed by atoms with van der Waals surface area (Å²) in [5, 5.41) is 20.2. The molecular formula is C17H34F3GeO3Zr-. The van der Waals surface area contributed by atoms with Crippen LogP contribution in [-0.2, 0) is 26.2 Å². The molecule has 3 N–H and O–H groups in total. The molecule has 0 saturated heterocycles. The summed E-state index contributed by atoms with van der Waals surface area (Å²) in [5.41, 5.74) is 0. The van der Waals surface area contributed by atoms with Crippen LogP contribution in [0.3, 0.4) is 0 Å². The molecule has 0 atom stereocenters. The van der Waals surface area contributed by atoms with Crippen LogP contribution in [-0.4, -0.2) is 51.9 Å². The van der Waals surface area contributed by atoms with Crippen LogP contribution in [0.5, 0.6) is 0 Å². The average molecular weight is 507 g/mol. The van der Waals surface area contributed by atoms with Gasteiger partial charge in [-0.3, -0.25) is 0 Å². The van der Waals surface area contributed by atoms with Gasteiger partial charge < -0.3 is 15.3 Å². The Morgan fingerprint density at radius 2 is 1.20 bits per heavy atom. The van der Waals surface area contributed by atoms with Crippen molar-refractivity contribution in [2.45, 2.75) is 82.8 Å². The third kappa shape index (κ3) is 24.6. The number of aliphatic hydroxyl groups excluding tert-OH is 3.